The van der Waals surface area contributed by atoms with Crippen LogP contribution in [0.25, 0.3) is 11.0 Å². The molecule has 0 radical (unpaired) electrons. The molecule has 0 saturated heterocycles. The Morgan fingerprint density at radius 1 is 0.950 bits per heavy atom. The van der Waals surface area contributed by atoms with Gasteiger partial charge in [0.2, 0.25) is 0 Å². The van der Waals surface area contributed by atoms with Crippen LogP contribution < -0.4 is 5.32 Å². The highest BCUT2D eigenvalue weighted by Crippen LogP contribution is 2.34. The predicted octanol–water partition coefficient (Wildman–Crippen LogP) is 5.98. The minimum Gasteiger partial charge on any atom is -0.348 e. The maximum Gasteiger partial charge on any atom is 0.253 e. The number of pyridine rings is 2. The number of amides is 1. The summed E-state index contributed by atoms with van der Waals surface area (Å²) in [5.74, 6) is 0.872. The Balaban J connectivity index is 1.20. The van der Waals surface area contributed by atoms with Crippen molar-refractivity contribution in [3.63, 3.8) is 0 Å². The maximum absolute atomic E-state index is 12.8. The van der Waals surface area contributed by atoms with E-state index in [1.54, 1.807) is 6.20 Å². The molecule has 1 amide bonds. The fraction of sp³-hybridized carbons (Fsp3) is 0.273. The van der Waals surface area contributed by atoms with Gasteiger partial charge in [-0.15, -0.1) is 0 Å². The normalized spacial score (nSPS) is 14.8. The molecule has 202 valence electrons. The lowest BCUT2D eigenvalue weighted by Crippen LogP contribution is -2.31. The van der Waals surface area contributed by atoms with Crippen LogP contribution in [0, 0.1) is 13.8 Å². The number of hydrogen-bond donors (Lipinski definition) is 2. The third kappa shape index (κ3) is 5.51. The average molecular weight is 531 g/mol. The molecule has 1 unspecified atom stereocenters. The minimum absolute atomic E-state index is 0.0901. The van der Waals surface area contributed by atoms with Crippen LogP contribution in [-0.4, -0.2) is 30.7 Å². The molecule has 7 heteroatoms. The van der Waals surface area contributed by atoms with Gasteiger partial charge in [-0.2, -0.15) is 0 Å². The van der Waals surface area contributed by atoms with Crippen molar-refractivity contribution in [2.75, 3.05) is 0 Å². The zero-order valence-corrected chi connectivity index (χ0v) is 23.0. The van der Waals surface area contributed by atoms with E-state index in [0.29, 0.717) is 18.7 Å². The van der Waals surface area contributed by atoms with E-state index in [1.807, 2.05) is 50.4 Å². The first-order chi connectivity index (χ1) is 19.5. The Hall–Kier alpha value is -4.36. The van der Waals surface area contributed by atoms with Crippen LogP contribution in [0.2, 0.25) is 0 Å². The number of aromatic nitrogens is 4. The molecule has 1 aliphatic rings. The van der Waals surface area contributed by atoms with Gasteiger partial charge in [-0.3, -0.25) is 19.7 Å². The third-order valence-corrected chi connectivity index (χ3v) is 7.84. The number of fused-ring (bicyclic) bond motifs is 2. The summed E-state index contributed by atoms with van der Waals surface area (Å²) < 4.78 is 0. The van der Waals surface area contributed by atoms with Gasteiger partial charge in [0, 0.05) is 25.5 Å². The monoisotopic (exact) mass is 530 g/mol. The van der Waals surface area contributed by atoms with Gasteiger partial charge in [0.1, 0.15) is 5.82 Å². The van der Waals surface area contributed by atoms with Crippen molar-refractivity contribution >= 4 is 16.9 Å². The van der Waals surface area contributed by atoms with Gasteiger partial charge in [-0.25, -0.2) is 4.98 Å². The molecule has 0 spiro atoms. The Labute approximate surface area is 234 Å². The van der Waals surface area contributed by atoms with Crippen molar-refractivity contribution in [3.8, 4) is 0 Å². The van der Waals surface area contributed by atoms with E-state index in [0.717, 1.165) is 59.5 Å². The van der Waals surface area contributed by atoms with E-state index in [-0.39, 0.29) is 11.9 Å². The summed E-state index contributed by atoms with van der Waals surface area (Å²) >= 11 is 0. The number of benzene rings is 2. The molecule has 6 rings (SSSR count). The lowest BCUT2D eigenvalue weighted by molar-refractivity contribution is 0.0949. The van der Waals surface area contributed by atoms with Crippen LogP contribution in [0.3, 0.4) is 0 Å². The first-order valence-electron chi connectivity index (χ1n) is 13.9. The van der Waals surface area contributed by atoms with Gasteiger partial charge < -0.3 is 10.3 Å². The summed E-state index contributed by atoms with van der Waals surface area (Å²) in [7, 11) is 0. The number of rotatable bonds is 8. The van der Waals surface area contributed by atoms with Crippen LogP contribution in [-0.2, 0) is 26.1 Å². The second-order valence-corrected chi connectivity index (χ2v) is 10.6. The molecule has 0 bridgehead atoms. The number of aromatic amines is 1. The van der Waals surface area contributed by atoms with Gasteiger partial charge >= 0.3 is 0 Å². The number of carbonyl (C=O) groups is 1. The number of nitrogens with one attached hydrogen (secondary N) is 2. The molecule has 1 atom stereocenters. The van der Waals surface area contributed by atoms with E-state index in [2.05, 4.69) is 56.6 Å². The molecule has 1 aliphatic carbocycles. The van der Waals surface area contributed by atoms with Crippen molar-refractivity contribution in [2.24, 2.45) is 0 Å². The number of carbonyl (C=O) groups excluding carboxylic acids is 1. The maximum atomic E-state index is 12.8. The number of nitrogens with zero attached hydrogens (tertiary/aromatic N) is 4. The van der Waals surface area contributed by atoms with Crippen LogP contribution in [0.5, 0.6) is 0 Å². The number of para-hydroxylation sites is 2. The van der Waals surface area contributed by atoms with E-state index >= 15 is 0 Å². The summed E-state index contributed by atoms with van der Waals surface area (Å²) in [6.45, 7) is 5.76. The Morgan fingerprint density at radius 3 is 2.60 bits per heavy atom. The summed E-state index contributed by atoms with van der Waals surface area (Å²) in [6, 6.07) is 23.1. The summed E-state index contributed by atoms with van der Waals surface area (Å²) in [5, 5.41) is 3.06. The fourth-order valence-corrected chi connectivity index (χ4v) is 5.79. The smallest absolute Gasteiger partial charge is 0.253 e. The quantitative estimate of drug-likeness (QED) is 0.258. The van der Waals surface area contributed by atoms with Gasteiger partial charge in [0.25, 0.3) is 5.91 Å². The molecular formula is C33H34N6O. The van der Waals surface area contributed by atoms with E-state index in [9.17, 15) is 4.79 Å². The molecule has 5 aromatic rings. The van der Waals surface area contributed by atoms with E-state index < -0.39 is 0 Å². The largest absolute Gasteiger partial charge is 0.348 e. The first kappa shape index (κ1) is 25.9. The predicted molar refractivity (Wildman–Crippen MR) is 157 cm³/mol. The first-order valence-corrected chi connectivity index (χ1v) is 13.9. The standard InChI is InChI=1S/C33H34N6O/c1-22-16-18-34-23(2)31(22)33(40)36-19-24-12-14-25(15-13-24)20-39(21-30-37-27-9-3-4-10-28(27)38-30)29-11-5-7-26-8-6-17-35-32(26)29/h3-4,6,8-10,12-18,29H,5,7,11,19-21H2,1-2H3,(H,36,40)(H,37,38). The Bertz CT molecular complexity index is 1590. The lowest BCUT2D eigenvalue weighted by Gasteiger charge is -2.34. The van der Waals surface area contributed by atoms with Crippen LogP contribution in [0.15, 0.2) is 79.1 Å². The highest BCUT2D eigenvalue weighted by molar-refractivity contribution is 5.96. The summed E-state index contributed by atoms with van der Waals surface area (Å²) in [6.07, 6.45) is 6.94. The average Bonchev–Trinajstić information content (AvgIpc) is 3.38. The molecule has 3 heterocycles. The van der Waals surface area contributed by atoms with E-state index in [4.69, 9.17) is 9.97 Å². The molecule has 0 saturated carbocycles. The second-order valence-electron chi connectivity index (χ2n) is 10.6. The van der Waals surface area contributed by atoms with Crippen LogP contribution >= 0.6 is 0 Å². The fourth-order valence-electron chi connectivity index (χ4n) is 5.79. The molecule has 40 heavy (non-hydrogen) atoms. The van der Waals surface area contributed by atoms with Gasteiger partial charge in [-0.05, 0) is 79.6 Å². The molecule has 2 N–H and O–H groups in total. The van der Waals surface area contributed by atoms with E-state index in [1.165, 1.54) is 16.8 Å². The zero-order valence-electron chi connectivity index (χ0n) is 23.0. The second kappa shape index (κ2) is 11.4. The number of H-pyrrole nitrogens is 1. The molecule has 2 aromatic carbocycles. The van der Waals surface area contributed by atoms with Gasteiger partial charge in [-0.1, -0.05) is 42.5 Å². The molecule has 3 aromatic heterocycles. The third-order valence-electron chi connectivity index (χ3n) is 7.84. The zero-order chi connectivity index (χ0) is 27.5. The van der Waals surface area contributed by atoms with Crippen molar-refractivity contribution in [2.45, 2.75) is 58.8 Å². The van der Waals surface area contributed by atoms with Gasteiger partial charge in [0.05, 0.1) is 40.6 Å². The van der Waals surface area contributed by atoms with Crippen molar-refractivity contribution in [1.29, 1.82) is 0 Å². The van der Waals surface area contributed by atoms with Crippen molar-refractivity contribution < 1.29 is 4.79 Å². The Morgan fingerprint density at radius 2 is 1.77 bits per heavy atom. The van der Waals surface area contributed by atoms with Crippen LogP contribution in [0.4, 0.5) is 0 Å². The summed E-state index contributed by atoms with van der Waals surface area (Å²) in [5.41, 5.74) is 9.19. The molecular weight excluding hydrogens is 496 g/mol. The SMILES string of the molecule is Cc1ccnc(C)c1C(=O)NCc1ccc(CN(Cc2nc3ccccc3[nH]2)C2CCCc3cccnc32)cc1. The number of aryl methyl sites for hydroxylation is 3. The lowest BCUT2D eigenvalue weighted by atomic mass is 9.90. The topological polar surface area (TPSA) is 86.8 Å². The number of hydrogen-bond acceptors (Lipinski definition) is 5. The van der Waals surface area contributed by atoms with Crippen LogP contribution in [0.1, 0.15) is 68.7 Å². The number of imidazole rings is 1. The van der Waals surface area contributed by atoms with Gasteiger partial charge in [0.15, 0.2) is 0 Å². The van der Waals surface area contributed by atoms with Crippen molar-refractivity contribution in [3.05, 3.63) is 124 Å². The molecule has 0 aliphatic heterocycles. The van der Waals surface area contributed by atoms with Crippen molar-refractivity contribution in [1.82, 2.24) is 30.2 Å². The highest BCUT2D eigenvalue weighted by Gasteiger charge is 2.28. The Kier molecular flexibility index (Phi) is 7.38. The summed E-state index contributed by atoms with van der Waals surface area (Å²) in [4.78, 5) is 32.8. The highest BCUT2D eigenvalue weighted by atomic mass is 16.1. The minimum atomic E-state index is -0.0901. The molecule has 0 fully saturated rings. The molecule has 7 nitrogen and oxygen atoms in total.